The number of rotatable bonds is 8. The van der Waals surface area contributed by atoms with Crippen LogP contribution in [0.25, 0.3) is 17.2 Å². The fourth-order valence-corrected chi connectivity index (χ4v) is 4.61. The van der Waals surface area contributed by atoms with Crippen LogP contribution in [-0.2, 0) is 4.79 Å². The molecule has 5 rings (SSSR count). The van der Waals surface area contributed by atoms with E-state index in [0.717, 1.165) is 73.8 Å². The predicted octanol–water partition coefficient (Wildman–Crippen LogP) is 2.62. The van der Waals surface area contributed by atoms with E-state index < -0.39 is 5.76 Å². The first kappa shape index (κ1) is 23.0. The second-order valence-corrected chi connectivity index (χ2v) is 8.82. The largest absolute Gasteiger partial charge is 0.497 e. The molecule has 0 unspecified atom stereocenters. The fourth-order valence-electron chi connectivity index (χ4n) is 4.61. The van der Waals surface area contributed by atoms with Crippen LogP contribution in [0.15, 0.2) is 51.2 Å². The van der Waals surface area contributed by atoms with Crippen molar-refractivity contribution in [1.29, 1.82) is 0 Å². The number of aromatic nitrogens is 1. The standard InChI is InChI=1S/C26H30N4O5/c1-33-20-7-8-23-18(16-20)15-19(17-34-23)25(31)27-9-2-3-10-29-11-13-30(14-12-29)22-6-4-5-21-24(22)35-26(32)28-21/h4-8,15-16H,2-3,9-14,17H2,1H3,(H,27,31)(H,28,32). The Morgan fingerprint density at radius 2 is 2.00 bits per heavy atom. The minimum atomic E-state index is -0.421. The molecule has 0 radical (unpaired) electrons. The number of ether oxygens (including phenoxy) is 2. The quantitative estimate of drug-likeness (QED) is 0.480. The molecule has 0 atom stereocenters. The third-order valence-corrected chi connectivity index (χ3v) is 6.55. The number of para-hydroxylation sites is 1. The van der Waals surface area contributed by atoms with Gasteiger partial charge in [0, 0.05) is 38.3 Å². The average molecular weight is 479 g/mol. The van der Waals surface area contributed by atoms with Gasteiger partial charge in [0.2, 0.25) is 0 Å². The van der Waals surface area contributed by atoms with E-state index in [1.54, 1.807) is 7.11 Å². The van der Waals surface area contributed by atoms with Gasteiger partial charge in [-0.3, -0.25) is 14.7 Å². The Bertz CT molecular complexity index is 1290. The molecule has 3 heterocycles. The lowest BCUT2D eigenvalue weighted by atomic mass is 10.1. The van der Waals surface area contributed by atoms with Crippen LogP contribution in [0.2, 0.25) is 0 Å². The van der Waals surface area contributed by atoms with Gasteiger partial charge in [0.15, 0.2) is 5.58 Å². The zero-order valence-corrected chi connectivity index (χ0v) is 19.8. The van der Waals surface area contributed by atoms with Crippen LogP contribution in [0.3, 0.4) is 0 Å². The van der Waals surface area contributed by atoms with Gasteiger partial charge < -0.3 is 24.1 Å². The number of nitrogens with zero attached hydrogens (tertiary/aromatic N) is 2. The smallest absolute Gasteiger partial charge is 0.417 e. The number of hydrogen-bond acceptors (Lipinski definition) is 7. The van der Waals surface area contributed by atoms with Gasteiger partial charge in [-0.25, -0.2) is 4.79 Å². The summed E-state index contributed by atoms with van der Waals surface area (Å²) in [6.45, 7) is 5.56. The average Bonchev–Trinajstić information content (AvgIpc) is 3.28. The Balaban J connectivity index is 1.04. The molecule has 3 aromatic rings. The number of nitrogens with one attached hydrogen (secondary N) is 2. The van der Waals surface area contributed by atoms with Crippen LogP contribution in [0, 0.1) is 0 Å². The summed E-state index contributed by atoms with van der Waals surface area (Å²) >= 11 is 0. The summed E-state index contributed by atoms with van der Waals surface area (Å²) in [7, 11) is 1.62. The predicted molar refractivity (Wildman–Crippen MR) is 134 cm³/mol. The summed E-state index contributed by atoms with van der Waals surface area (Å²) in [5.74, 6) is 0.990. The maximum atomic E-state index is 12.6. The number of carbonyl (C=O) groups is 1. The zero-order valence-electron chi connectivity index (χ0n) is 19.8. The van der Waals surface area contributed by atoms with Gasteiger partial charge in [-0.15, -0.1) is 0 Å². The van der Waals surface area contributed by atoms with E-state index in [1.807, 2.05) is 42.5 Å². The van der Waals surface area contributed by atoms with Crippen molar-refractivity contribution in [1.82, 2.24) is 15.2 Å². The van der Waals surface area contributed by atoms with E-state index >= 15 is 0 Å². The van der Waals surface area contributed by atoms with Gasteiger partial charge in [-0.05, 0) is 55.8 Å². The number of unbranched alkanes of at least 4 members (excludes halogenated alkanes) is 1. The van der Waals surface area contributed by atoms with Crippen molar-refractivity contribution in [2.45, 2.75) is 12.8 Å². The zero-order chi connectivity index (χ0) is 24.2. The first-order valence-corrected chi connectivity index (χ1v) is 12.0. The molecule has 1 fully saturated rings. The number of oxazole rings is 1. The number of methoxy groups -OCH3 is 1. The highest BCUT2D eigenvalue weighted by atomic mass is 16.5. The molecule has 2 N–H and O–H groups in total. The molecular formula is C26H30N4O5. The van der Waals surface area contributed by atoms with Crippen molar-refractivity contribution in [3.05, 3.63) is 58.1 Å². The minimum absolute atomic E-state index is 0.0855. The molecule has 35 heavy (non-hydrogen) atoms. The van der Waals surface area contributed by atoms with Crippen molar-refractivity contribution in [3.8, 4) is 11.5 Å². The third kappa shape index (κ3) is 5.19. The molecule has 2 aliphatic rings. The first-order valence-electron chi connectivity index (χ1n) is 12.0. The molecule has 1 amide bonds. The van der Waals surface area contributed by atoms with Crippen molar-refractivity contribution in [2.24, 2.45) is 0 Å². The topological polar surface area (TPSA) is 100 Å². The monoisotopic (exact) mass is 478 g/mol. The SMILES string of the molecule is COc1ccc2c(c1)C=C(C(=O)NCCCCN1CCN(c3cccc4[nH]c(=O)oc34)CC1)CO2. The summed E-state index contributed by atoms with van der Waals surface area (Å²) in [5.41, 5.74) is 3.80. The van der Waals surface area contributed by atoms with Crippen LogP contribution in [0.4, 0.5) is 5.69 Å². The van der Waals surface area contributed by atoms with Gasteiger partial charge in [0.1, 0.15) is 18.1 Å². The first-order chi connectivity index (χ1) is 17.1. The summed E-state index contributed by atoms with van der Waals surface area (Å²) in [6.07, 6.45) is 3.80. The number of piperazine rings is 1. The fraction of sp³-hybridized carbons (Fsp3) is 0.385. The van der Waals surface area contributed by atoms with Crippen molar-refractivity contribution < 1.29 is 18.7 Å². The molecule has 9 heteroatoms. The summed E-state index contributed by atoms with van der Waals surface area (Å²) in [6, 6.07) is 11.4. The van der Waals surface area contributed by atoms with E-state index in [0.29, 0.717) is 17.7 Å². The van der Waals surface area contributed by atoms with Crippen LogP contribution in [0.1, 0.15) is 18.4 Å². The summed E-state index contributed by atoms with van der Waals surface area (Å²) in [4.78, 5) is 31.5. The Morgan fingerprint density at radius 1 is 1.14 bits per heavy atom. The van der Waals surface area contributed by atoms with Crippen LogP contribution in [0.5, 0.6) is 11.5 Å². The van der Waals surface area contributed by atoms with E-state index in [9.17, 15) is 9.59 Å². The second kappa shape index (κ2) is 10.3. The normalized spacial score (nSPS) is 15.9. The number of carbonyl (C=O) groups excluding carboxylic acids is 1. The van der Waals surface area contributed by atoms with Gasteiger partial charge >= 0.3 is 5.76 Å². The summed E-state index contributed by atoms with van der Waals surface area (Å²) in [5, 5.41) is 3.01. The Hall–Kier alpha value is -3.72. The van der Waals surface area contributed by atoms with E-state index in [-0.39, 0.29) is 12.5 Å². The van der Waals surface area contributed by atoms with Crippen LogP contribution >= 0.6 is 0 Å². The van der Waals surface area contributed by atoms with Gasteiger partial charge in [0.05, 0.1) is 23.9 Å². The van der Waals surface area contributed by atoms with E-state index in [2.05, 4.69) is 20.1 Å². The van der Waals surface area contributed by atoms with E-state index in [1.165, 1.54) is 0 Å². The molecule has 0 saturated carbocycles. The van der Waals surface area contributed by atoms with Crippen molar-refractivity contribution in [3.63, 3.8) is 0 Å². The molecular weight excluding hydrogens is 448 g/mol. The lowest BCUT2D eigenvalue weighted by Gasteiger charge is -2.36. The number of hydrogen-bond donors (Lipinski definition) is 2. The lowest BCUT2D eigenvalue weighted by Crippen LogP contribution is -2.46. The highest BCUT2D eigenvalue weighted by molar-refractivity contribution is 5.99. The number of benzene rings is 2. The number of fused-ring (bicyclic) bond motifs is 2. The number of anilines is 1. The molecule has 2 aliphatic heterocycles. The summed E-state index contributed by atoms with van der Waals surface area (Å²) < 4.78 is 16.3. The minimum Gasteiger partial charge on any atom is -0.497 e. The molecule has 2 aromatic carbocycles. The molecule has 0 spiro atoms. The highest BCUT2D eigenvalue weighted by Crippen LogP contribution is 2.30. The molecule has 0 bridgehead atoms. The van der Waals surface area contributed by atoms with Gasteiger partial charge in [-0.1, -0.05) is 6.07 Å². The van der Waals surface area contributed by atoms with E-state index in [4.69, 9.17) is 13.9 Å². The maximum Gasteiger partial charge on any atom is 0.417 e. The molecule has 1 saturated heterocycles. The highest BCUT2D eigenvalue weighted by Gasteiger charge is 2.20. The lowest BCUT2D eigenvalue weighted by molar-refractivity contribution is -0.117. The molecule has 9 nitrogen and oxygen atoms in total. The van der Waals surface area contributed by atoms with Crippen LogP contribution < -0.4 is 25.4 Å². The Morgan fingerprint density at radius 3 is 2.83 bits per heavy atom. The molecule has 0 aliphatic carbocycles. The number of amides is 1. The Kier molecular flexibility index (Phi) is 6.76. The van der Waals surface area contributed by atoms with Crippen molar-refractivity contribution >= 4 is 28.8 Å². The van der Waals surface area contributed by atoms with Gasteiger partial charge in [-0.2, -0.15) is 0 Å². The molecule has 184 valence electrons. The maximum absolute atomic E-state index is 12.6. The third-order valence-electron chi connectivity index (χ3n) is 6.55. The van der Waals surface area contributed by atoms with Crippen molar-refractivity contribution in [2.75, 3.05) is 57.9 Å². The molecule has 1 aromatic heterocycles. The number of aromatic amines is 1. The second-order valence-electron chi connectivity index (χ2n) is 8.82. The number of H-pyrrole nitrogens is 1. The Labute approximate surface area is 203 Å². The van der Waals surface area contributed by atoms with Gasteiger partial charge in [0.25, 0.3) is 5.91 Å². The van der Waals surface area contributed by atoms with Crippen LogP contribution in [-0.4, -0.2) is 68.8 Å².